The Balaban J connectivity index is 1.58. The molecule has 0 saturated heterocycles. The van der Waals surface area contributed by atoms with E-state index in [0.717, 1.165) is 12.8 Å². The molecule has 0 atom stereocenters. The van der Waals surface area contributed by atoms with Gasteiger partial charge in [0, 0.05) is 6.42 Å². The zero-order chi connectivity index (χ0) is 14.2. The monoisotopic (exact) mass is 278 g/mol. The highest BCUT2D eigenvalue weighted by molar-refractivity contribution is 5.84. The molecule has 1 aliphatic rings. The predicted molar refractivity (Wildman–Crippen MR) is 74.8 cm³/mol. The first-order valence-electron chi connectivity index (χ1n) is 7.30. The number of furan rings is 1. The van der Waals surface area contributed by atoms with Crippen molar-refractivity contribution in [3.63, 3.8) is 0 Å². The SMILES string of the molecule is O=C(CNC(=O)CC1CCCCC1)NCc1ccco1. The van der Waals surface area contributed by atoms with Crippen LogP contribution in [0.25, 0.3) is 0 Å². The van der Waals surface area contributed by atoms with Crippen LogP contribution in [0.5, 0.6) is 0 Å². The molecule has 0 bridgehead atoms. The van der Waals surface area contributed by atoms with Crippen LogP contribution < -0.4 is 10.6 Å². The number of amides is 2. The van der Waals surface area contributed by atoms with Crippen LogP contribution in [0.3, 0.4) is 0 Å². The first-order chi connectivity index (χ1) is 9.74. The van der Waals surface area contributed by atoms with Crippen LogP contribution in [0, 0.1) is 5.92 Å². The lowest BCUT2D eigenvalue weighted by Crippen LogP contribution is -2.37. The second-order valence-corrected chi connectivity index (χ2v) is 5.34. The van der Waals surface area contributed by atoms with Crippen LogP contribution in [-0.2, 0) is 16.1 Å². The Morgan fingerprint density at radius 3 is 2.65 bits per heavy atom. The van der Waals surface area contributed by atoms with E-state index in [9.17, 15) is 9.59 Å². The minimum atomic E-state index is -0.196. The highest BCUT2D eigenvalue weighted by Gasteiger charge is 2.17. The average molecular weight is 278 g/mol. The third kappa shape index (κ3) is 5.07. The van der Waals surface area contributed by atoms with Gasteiger partial charge in [-0.3, -0.25) is 9.59 Å². The van der Waals surface area contributed by atoms with E-state index in [1.54, 1.807) is 18.4 Å². The number of hydrogen-bond donors (Lipinski definition) is 2. The summed E-state index contributed by atoms with van der Waals surface area (Å²) in [7, 11) is 0. The van der Waals surface area contributed by atoms with Crippen molar-refractivity contribution in [1.29, 1.82) is 0 Å². The zero-order valence-electron chi connectivity index (χ0n) is 11.7. The van der Waals surface area contributed by atoms with Crippen LogP contribution >= 0.6 is 0 Å². The summed E-state index contributed by atoms with van der Waals surface area (Å²) < 4.78 is 5.11. The molecule has 110 valence electrons. The molecule has 0 unspecified atom stereocenters. The molecule has 0 aromatic carbocycles. The maximum absolute atomic E-state index is 11.7. The molecule has 2 amide bonds. The summed E-state index contributed by atoms with van der Waals surface area (Å²) in [5.74, 6) is 0.977. The first kappa shape index (κ1) is 14.6. The topological polar surface area (TPSA) is 71.3 Å². The molecule has 20 heavy (non-hydrogen) atoms. The Hall–Kier alpha value is -1.78. The standard InChI is InChI=1S/C15H22N2O3/c18-14(9-12-5-2-1-3-6-12)17-11-15(19)16-10-13-7-4-8-20-13/h4,7-8,12H,1-3,5-6,9-11H2,(H,16,19)(H,17,18). The summed E-state index contributed by atoms with van der Waals surface area (Å²) in [6.45, 7) is 0.386. The molecule has 2 N–H and O–H groups in total. The normalized spacial score (nSPS) is 15.8. The van der Waals surface area contributed by atoms with Crippen LogP contribution in [0.15, 0.2) is 22.8 Å². The Labute approximate surface area is 119 Å². The quantitative estimate of drug-likeness (QED) is 0.836. The molecule has 1 fully saturated rings. The van der Waals surface area contributed by atoms with Gasteiger partial charge in [-0.05, 0) is 30.9 Å². The average Bonchev–Trinajstić information content (AvgIpc) is 2.97. The van der Waals surface area contributed by atoms with Crippen molar-refractivity contribution >= 4 is 11.8 Å². The van der Waals surface area contributed by atoms with Crippen molar-refractivity contribution in [3.05, 3.63) is 24.2 Å². The van der Waals surface area contributed by atoms with Gasteiger partial charge in [0.2, 0.25) is 11.8 Å². The fourth-order valence-corrected chi connectivity index (χ4v) is 2.57. The molecule has 0 radical (unpaired) electrons. The summed E-state index contributed by atoms with van der Waals surface area (Å²) in [4.78, 5) is 23.3. The van der Waals surface area contributed by atoms with E-state index in [2.05, 4.69) is 10.6 Å². The minimum Gasteiger partial charge on any atom is -0.467 e. The van der Waals surface area contributed by atoms with Gasteiger partial charge in [0.15, 0.2) is 0 Å². The van der Waals surface area contributed by atoms with Crippen LogP contribution in [0.1, 0.15) is 44.3 Å². The maximum atomic E-state index is 11.7. The van der Waals surface area contributed by atoms with Gasteiger partial charge >= 0.3 is 0 Å². The van der Waals surface area contributed by atoms with E-state index in [-0.39, 0.29) is 18.4 Å². The van der Waals surface area contributed by atoms with Gasteiger partial charge in [-0.2, -0.15) is 0 Å². The van der Waals surface area contributed by atoms with Crippen molar-refractivity contribution in [3.8, 4) is 0 Å². The summed E-state index contributed by atoms with van der Waals surface area (Å²) in [5.41, 5.74) is 0. The van der Waals surface area contributed by atoms with E-state index < -0.39 is 0 Å². The first-order valence-corrected chi connectivity index (χ1v) is 7.30. The van der Waals surface area contributed by atoms with Crippen LogP contribution in [-0.4, -0.2) is 18.4 Å². The van der Waals surface area contributed by atoms with E-state index in [0.29, 0.717) is 24.6 Å². The number of rotatable bonds is 6. The summed E-state index contributed by atoms with van der Waals surface area (Å²) in [6.07, 6.45) is 8.12. The van der Waals surface area contributed by atoms with Crippen molar-refractivity contribution < 1.29 is 14.0 Å². The smallest absolute Gasteiger partial charge is 0.239 e. The lowest BCUT2D eigenvalue weighted by Gasteiger charge is -2.20. The van der Waals surface area contributed by atoms with Crippen molar-refractivity contribution in [2.24, 2.45) is 5.92 Å². The van der Waals surface area contributed by atoms with Gasteiger partial charge in [0.05, 0.1) is 19.4 Å². The summed E-state index contributed by atoms with van der Waals surface area (Å²) in [6, 6.07) is 3.56. The van der Waals surface area contributed by atoms with Gasteiger partial charge in [0.25, 0.3) is 0 Å². The molecule has 0 spiro atoms. The number of nitrogens with one attached hydrogen (secondary N) is 2. The molecule has 0 aliphatic heterocycles. The maximum Gasteiger partial charge on any atom is 0.239 e. The third-order valence-electron chi connectivity index (χ3n) is 3.68. The van der Waals surface area contributed by atoms with Gasteiger partial charge in [-0.25, -0.2) is 0 Å². The molecule has 5 heteroatoms. The fourth-order valence-electron chi connectivity index (χ4n) is 2.57. The molecule has 1 aromatic rings. The van der Waals surface area contributed by atoms with E-state index in [1.165, 1.54) is 19.3 Å². The van der Waals surface area contributed by atoms with Gasteiger partial charge < -0.3 is 15.1 Å². The van der Waals surface area contributed by atoms with Crippen LogP contribution in [0.4, 0.5) is 0 Å². The Morgan fingerprint density at radius 1 is 1.15 bits per heavy atom. The second-order valence-electron chi connectivity index (χ2n) is 5.34. The second kappa shape index (κ2) is 7.72. The molecule has 5 nitrogen and oxygen atoms in total. The van der Waals surface area contributed by atoms with E-state index >= 15 is 0 Å². The minimum absolute atomic E-state index is 0.0231. The fraction of sp³-hybridized carbons (Fsp3) is 0.600. The third-order valence-corrected chi connectivity index (χ3v) is 3.68. The highest BCUT2D eigenvalue weighted by Crippen LogP contribution is 2.25. The van der Waals surface area contributed by atoms with E-state index in [4.69, 9.17) is 4.42 Å². The molecule has 1 aromatic heterocycles. The van der Waals surface area contributed by atoms with Crippen molar-refractivity contribution in [1.82, 2.24) is 10.6 Å². The Bertz CT molecular complexity index is 422. The number of carbonyl (C=O) groups is 2. The molecule has 1 saturated carbocycles. The molecule has 1 aliphatic carbocycles. The lowest BCUT2D eigenvalue weighted by atomic mass is 9.87. The molecular weight excluding hydrogens is 256 g/mol. The number of hydrogen-bond acceptors (Lipinski definition) is 3. The van der Waals surface area contributed by atoms with Gasteiger partial charge in [0.1, 0.15) is 5.76 Å². The van der Waals surface area contributed by atoms with Crippen molar-refractivity contribution in [2.75, 3.05) is 6.54 Å². The Kier molecular flexibility index (Phi) is 5.65. The highest BCUT2D eigenvalue weighted by atomic mass is 16.3. The number of carbonyl (C=O) groups excluding carboxylic acids is 2. The summed E-state index contributed by atoms with van der Waals surface area (Å²) >= 11 is 0. The largest absolute Gasteiger partial charge is 0.467 e. The Morgan fingerprint density at radius 2 is 1.95 bits per heavy atom. The summed E-state index contributed by atoms with van der Waals surface area (Å²) in [5, 5.41) is 5.37. The van der Waals surface area contributed by atoms with Gasteiger partial charge in [-0.15, -0.1) is 0 Å². The molecule has 2 rings (SSSR count). The molecule has 1 heterocycles. The van der Waals surface area contributed by atoms with Crippen molar-refractivity contribution in [2.45, 2.75) is 45.1 Å². The zero-order valence-corrected chi connectivity index (χ0v) is 11.7. The molecular formula is C15H22N2O3. The van der Waals surface area contributed by atoms with Gasteiger partial charge in [-0.1, -0.05) is 19.3 Å². The van der Waals surface area contributed by atoms with E-state index in [1.807, 2.05) is 0 Å². The lowest BCUT2D eigenvalue weighted by molar-refractivity contribution is -0.126. The predicted octanol–water partition coefficient (Wildman–Crippen LogP) is 1.98. The van der Waals surface area contributed by atoms with Crippen LogP contribution in [0.2, 0.25) is 0 Å².